The molecule has 0 saturated heterocycles. The van der Waals surface area contributed by atoms with Gasteiger partial charge in [0.2, 0.25) is 5.16 Å². The molecule has 0 aliphatic carbocycles. The number of hydrogen-bond donors (Lipinski definition) is 0. The van der Waals surface area contributed by atoms with Crippen LogP contribution in [0.1, 0.15) is 114 Å². The average Bonchev–Trinajstić information content (AvgIpc) is 3.29. The third kappa shape index (κ3) is 13.5. The van der Waals surface area contributed by atoms with Crippen LogP contribution in [-0.4, -0.2) is 35.5 Å². The van der Waals surface area contributed by atoms with Gasteiger partial charge in [0, 0.05) is 0 Å². The maximum Gasteiger partial charge on any atom is 1.00 e. The molecule has 0 bridgehead atoms. The standard InChI is InChI=1S/C31H46N2O6S2.2Na/c1-2-3-4-5-6-7-8-9-10-11-12-13-14-15-19-22-27-23-24-28-29(30(27)40(34,35)36)32-31(41(37,38)39)33(28)25-26-20-17-16-18-21-26;;/h16-18,20-21,23-24H,2-15,19,22,25H2,1H3,(H,34,35,36)(H,37,38,39);;/q;2*+1/p-2. The van der Waals surface area contributed by atoms with E-state index in [-0.39, 0.29) is 76.7 Å². The molecule has 0 saturated carbocycles. The second-order valence-corrected chi connectivity index (χ2v) is 13.6. The van der Waals surface area contributed by atoms with Crippen LogP contribution < -0.4 is 59.1 Å². The summed E-state index contributed by atoms with van der Waals surface area (Å²) in [5.74, 6) is 0. The van der Waals surface area contributed by atoms with Gasteiger partial charge in [-0.15, -0.1) is 0 Å². The predicted molar refractivity (Wildman–Crippen MR) is 160 cm³/mol. The number of fused-ring (bicyclic) bond motifs is 1. The molecule has 43 heavy (non-hydrogen) atoms. The Kier molecular flexibility index (Phi) is 19.7. The van der Waals surface area contributed by atoms with Crippen LogP contribution in [0.3, 0.4) is 0 Å². The third-order valence-corrected chi connectivity index (χ3v) is 9.34. The van der Waals surface area contributed by atoms with Crippen LogP contribution >= 0.6 is 0 Å². The number of aryl methyl sites for hydroxylation is 1. The summed E-state index contributed by atoms with van der Waals surface area (Å²) in [5, 5.41) is -0.801. The Bertz CT molecular complexity index is 1450. The first-order chi connectivity index (χ1) is 19.6. The summed E-state index contributed by atoms with van der Waals surface area (Å²) in [6.45, 7) is 2.23. The Hall–Kier alpha value is -0.270. The monoisotopic (exact) mass is 650 g/mol. The van der Waals surface area contributed by atoms with E-state index in [1.54, 1.807) is 42.5 Å². The zero-order valence-electron chi connectivity index (χ0n) is 26.2. The van der Waals surface area contributed by atoms with Gasteiger partial charge < -0.3 is 13.7 Å². The number of rotatable bonds is 20. The van der Waals surface area contributed by atoms with Crippen molar-refractivity contribution >= 4 is 31.3 Å². The molecule has 0 amide bonds. The summed E-state index contributed by atoms with van der Waals surface area (Å²) >= 11 is 0. The summed E-state index contributed by atoms with van der Waals surface area (Å²) in [4.78, 5) is 3.38. The second-order valence-electron chi connectivity index (χ2n) is 11.0. The molecule has 2 aromatic carbocycles. The molecule has 0 atom stereocenters. The molecular weight excluding hydrogens is 606 g/mol. The minimum absolute atomic E-state index is 0. The van der Waals surface area contributed by atoms with Crippen molar-refractivity contribution in [1.29, 1.82) is 0 Å². The van der Waals surface area contributed by atoms with Crippen molar-refractivity contribution in [3.63, 3.8) is 0 Å². The van der Waals surface area contributed by atoms with E-state index in [9.17, 15) is 25.9 Å². The van der Waals surface area contributed by atoms with Crippen LogP contribution in [0.25, 0.3) is 11.0 Å². The second kappa shape index (κ2) is 20.8. The normalized spacial score (nSPS) is 11.8. The maximum absolute atomic E-state index is 12.3. The predicted octanol–water partition coefficient (Wildman–Crippen LogP) is 1.31. The molecule has 0 fully saturated rings. The van der Waals surface area contributed by atoms with Crippen molar-refractivity contribution in [3.05, 3.63) is 53.6 Å². The zero-order chi connectivity index (χ0) is 29.7. The molecular formula is C31H44N2Na2O6S2. The molecule has 1 heterocycles. The van der Waals surface area contributed by atoms with Crippen molar-refractivity contribution in [3.8, 4) is 0 Å². The number of benzene rings is 2. The van der Waals surface area contributed by atoms with Gasteiger partial charge >= 0.3 is 59.1 Å². The largest absolute Gasteiger partial charge is 1.00 e. The molecule has 12 heteroatoms. The molecule has 0 unspecified atom stereocenters. The first kappa shape index (κ1) is 40.8. The van der Waals surface area contributed by atoms with E-state index >= 15 is 0 Å². The van der Waals surface area contributed by atoms with Crippen LogP contribution in [-0.2, 0) is 33.2 Å². The van der Waals surface area contributed by atoms with E-state index in [4.69, 9.17) is 0 Å². The Morgan fingerprint density at radius 1 is 0.651 bits per heavy atom. The molecule has 0 N–H and O–H groups in total. The third-order valence-electron chi connectivity index (χ3n) is 7.63. The Balaban J connectivity index is 0.00000462. The molecule has 0 spiro atoms. The van der Waals surface area contributed by atoms with Crippen molar-refractivity contribution in [2.24, 2.45) is 0 Å². The van der Waals surface area contributed by atoms with Crippen molar-refractivity contribution < 1.29 is 85.1 Å². The number of imidazole rings is 1. The fourth-order valence-electron chi connectivity index (χ4n) is 5.46. The topological polar surface area (TPSA) is 132 Å². The van der Waals surface area contributed by atoms with Gasteiger partial charge in [0.25, 0.3) is 0 Å². The minimum atomic E-state index is -5.03. The molecule has 1 aromatic heterocycles. The summed E-state index contributed by atoms with van der Waals surface area (Å²) < 4.78 is 74.2. The van der Waals surface area contributed by atoms with Gasteiger partial charge in [-0.05, 0) is 30.0 Å². The number of unbranched alkanes of at least 4 members (excludes halogenated alkanes) is 14. The average molecular weight is 651 g/mol. The number of hydrogen-bond acceptors (Lipinski definition) is 7. The van der Waals surface area contributed by atoms with Crippen molar-refractivity contribution in [2.75, 3.05) is 0 Å². The summed E-state index contributed by atoms with van der Waals surface area (Å²) in [5.41, 5.74) is 0.869. The van der Waals surface area contributed by atoms with E-state index in [1.165, 1.54) is 75.2 Å². The molecule has 228 valence electrons. The fourth-order valence-corrected chi connectivity index (χ4v) is 6.97. The van der Waals surface area contributed by atoms with Gasteiger partial charge in [0.05, 0.1) is 17.0 Å². The van der Waals surface area contributed by atoms with E-state index in [2.05, 4.69) is 11.9 Å². The van der Waals surface area contributed by atoms with Gasteiger partial charge in [-0.3, -0.25) is 0 Å². The van der Waals surface area contributed by atoms with E-state index in [0.717, 1.165) is 19.3 Å². The van der Waals surface area contributed by atoms with Gasteiger partial charge in [0.15, 0.2) is 10.1 Å². The Morgan fingerprint density at radius 2 is 1.14 bits per heavy atom. The SMILES string of the molecule is CCCCCCCCCCCCCCCCCc1ccc2c(nc(S(=O)(=O)[O-])n2Cc2ccccc2)c1S(=O)(=O)[O-].[Na+].[Na+]. The fraction of sp³-hybridized carbons (Fsp3) is 0.581. The maximum atomic E-state index is 12.3. The van der Waals surface area contributed by atoms with Crippen LogP contribution in [0, 0.1) is 0 Å². The number of aromatic nitrogens is 2. The smallest absolute Gasteiger partial charge is 0.744 e. The van der Waals surface area contributed by atoms with Gasteiger partial charge in [0.1, 0.15) is 15.6 Å². The van der Waals surface area contributed by atoms with E-state index < -0.39 is 30.3 Å². The zero-order valence-corrected chi connectivity index (χ0v) is 31.9. The molecule has 0 radical (unpaired) electrons. The minimum Gasteiger partial charge on any atom is -0.744 e. The van der Waals surface area contributed by atoms with Crippen LogP contribution in [0.2, 0.25) is 0 Å². The van der Waals surface area contributed by atoms with Crippen LogP contribution in [0.4, 0.5) is 0 Å². The Morgan fingerprint density at radius 3 is 1.60 bits per heavy atom. The first-order valence-electron chi connectivity index (χ1n) is 15.1. The van der Waals surface area contributed by atoms with E-state index in [0.29, 0.717) is 24.0 Å². The summed E-state index contributed by atoms with van der Waals surface area (Å²) in [6.07, 6.45) is 18.5. The van der Waals surface area contributed by atoms with Gasteiger partial charge in [-0.25, -0.2) is 21.8 Å². The van der Waals surface area contributed by atoms with Crippen LogP contribution in [0.5, 0.6) is 0 Å². The molecule has 3 rings (SSSR count). The molecule has 8 nitrogen and oxygen atoms in total. The number of nitrogens with zero attached hydrogens (tertiary/aromatic N) is 2. The molecule has 0 aliphatic heterocycles. The summed E-state index contributed by atoms with van der Waals surface area (Å²) in [6, 6.07) is 11.9. The van der Waals surface area contributed by atoms with Gasteiger partial charge in [-0.2, -0.15) is 0 Å². The first-order valence-corrected chi connectivity index (χ1v) is 17.9. The quantitative estimate of drug-likeness (QED) is 0.102. The molecule has 0 aliphatic rings. The van der Waals surface area contributed by atoms with Crippen LogP contribution in [0.15, 0.2) is 52.5 Å². The summed E-state index contributed by atoms with van der Waals surface area (Å²) in [7, 11) is -10.0. The van der Waals surface area contributed by atoms with Gasteiger partial charge in [-0.1, -0.05) is 133 Å². The Labute approximate surface area is 302 Å². The molecule has 3 aromatic rings. The van der Waals surface area contributed by atoms with Crippen molar-refractivity contribution in [1.82, 2.24) is 9.55 Å². The van der Waals surface area contributed by atoms with Crippen molar-refractivity contribution in [2.45, 2.75) is 126 Å². The van der Waals surface area contributed by atoms with E-state index in [1.807, 2.05) is 0 Å².